The molecule has 5 fully saturated rings. The number of imide groups is 1. The van der Waals surface area contributed by atoms with Crippen LogP contribution in [-0.4, -0.2) is 119 Å². The molecular formula is C43H51N11O4. The normalized spacial score (nSPS) is 26.3. The quantitative estimate of drug-likeness (QED) is 0.231. The summed E-state index contributed by atoms with van der Waals surface area (Å²) in [6, 6.07) is 18.5. The molecule has 2 amide bonds. The number of nitrogens with two attached hydrogens (primary N) is 1. The zero-order valence-corrected chi connectivity index (χ0v) is 32.7. The Balaban J connectivity index is 0.739. The molecule has 0 unspecified atom stereocenters. The molecule has 0 spiro atoms. The first-order valence-corrected chi connectivity index (χ1v) is 21.0. The number of nitrogens with one attached hydrogen (secondary N) is 1. The van der Waals surface area contributed by atoms with E-state index in [1.807, 2.05) is 24.4 Å². The van der Waals surface area contributed by atoms with Gasteiger partial charge in [-0.3, -0.25) is 19.8 Å². The Morgan fingerprint density at radius 2 is 1.57 bits per heavy atom. The Labute approximate surface area is 338 Å². The van der Waals surface area contributed by atoms with Crippen LogP contribution in [-0.2, 0) is 9.59 Å². The number of hydrogen-bond acceptors (Lipinski definition) is 14. The largest absolute Gasteiger partial charge is 0.507 e. The molecule has 1 aliphatic carbocycles. The predicted octanol–water partition coefficient (Wildman–Crippen LogP) is 3.93. The van der Waals surface area contributed by atoms with Crippen LogP contribution in [0, 0.1) is 0 Å². The van der Waals surface area contributed by atoms with Crippen molar-refractivity contribution in [2.75, 3.05) is 77.8 Å². The van der Waals surface area contributed by atoms with Crippen LogP contribution in [0.25, 0.3) is 11.3 Å². The molecular weight excluding hydrogens is 735 g/mol. The van der Waals surface area contributed by atoms with E-state index in [0.717, 1.165) is 93.8 Å². The van der Waals surface area contributed by atoms with Gasteiger partial charge < -0.3 is 35.2 Å². The summed E-state index contributed by atoms with van der Waals surface area (Å²) in [5.74, 6) is 3.31. The number of para-hydroxylation sites is 1. The van der Waals surface area contributed by atoms with E-state index >= 15 is 0 Å². The Kier molecular flexibility index (Phi) is 9.62. The van der Waals surface area contributed by atoms with E-state index in [1.54, 1.807) is 12.1 Å². The van der Waals surface area contributed by atoms with Gasteiger partial charge in [-0.25, -0.2) is 4.98 Å². The molecule has 7 heterocycles. The minimum absolute atomic E-state index is 0.167. The van der Waals surface area contributed by atoms with Crippen molar-refractivity contribution >= 4 is 40.8 Å². The second-order valence-electron chi connectivity index (χ2n) is 16.7. The zero-order valence-electron chi connectivity index (χ0n) is 32.7. The first-order chi connectivity index (χ1) is 28.4. The van der Waals surface area contributed by atoms with Crippen molar-refractivity contribution in [2.24, 2.45) is 0 Å². The molecule has 302 valence electrons. The van der Waals surface area contributed by atoms with Crippen molar-refractivity contribution in [3.05, 3.63) is 66.4 Å². The summed E-state index contributed by atoms with van der Waals surface area (Å²) in [5, 5.41) is 21.5. The van der Waals surface area contributed by atoms with Crippen molar-refractivity contribution in [1.82, 2.24) is 30.4 Å². The smallest absolute Gasteiger partial charge is 0.249 e. The Morgan fingerprint density at radius 3 is 2.34 bits per heavy atom. The van der Waals surface area contributed by atoms with Crippen LogP contribution >= 0.6 is 0 Å². The molecule has 10 rings (SSSR count). The first kappa shape index (κ1) is 36.6. The van der Waals surface area contributed by atoms with E-state index in [-0.39, 0.29) is 35.7 Å². The molecule has 4 saturated heterocycles. The molecule has 2 aromatic carbocycles. The summed E-state index contributed by atoms with van der Waals surface area (Å²) >= 11 is 0. The number of anilines is 5. The number of carbonyl (C=O) groups is 2. The fourth-order valence-electron chi connectivity index (χ4n) is 10.4. The number of fused-ring (bicyclic) bond motifs is 3. The third-order valence-electron chi connectivity index (χ3n) is 13.5. The number of ether oxygens (including phenoxy) is 1. The summed E-state index contributed by atoms with van der Waals surface area (Å²) < 4.78 is 6.11. The molecule has 5 aliphatic heterocycles. The molecule has 15 nitrogen and oxygen atoms in total. The Bertz CT molecular complexity index is 2180. The summed E-state index contributed by atoms with van der Waals surface area (Å²) in [5.41, 5.74) is 10.7. The number of piperazine rings is 2. The van der Waals surface area contributed by atoms with Gasteiger partial charge in [-0.15, -0.1) is 10.2 Å². The van der Waals surface area contributed by atoms with Gasteiger partial charge in [0.25, 0.3) is 0 Å². The SMILES string of the molecule is Nc1nnc(-c2ccccc2O)cc1N1C[C@H]2CC[C@@H](C1)N2c1nccc(N2CCN(C3CCC(c4ccc5c(c4)OCCN5[C@@H]4CCC(=O)NC4=O)CC3)CC2)n1. The van der Waals surface area contributed by atoms with E-state index in [9.17, 15) is 14.7 Å². The maximum atomic E-state index is 12.6. The van der Waals surface area contributed by atoms with E-state index in [4.69, 9.17) is 20.4 Å². The number of rotatable bonds is 7. The first-order valence-electron chi connectivity index (χ1n) is 21.0. The number of aromatic nitrogens is 4. The number of hydrogen-bond donors (Lipinski definition) is 3. The number of phenols is 1. The lowest BCUT2D eigenvalue weighted by atomic mass is 9.81. The van der Waals surface area contributed by atoms with Crippen molar-refractivity contribution in [3.8, 4) is 22.8 Å². The molecule has 4 aromatic rings. The minimum atomic E-state index is -0.333. The van der Waals surface area contributed by atoms with Gasteiger partial charge in [0.05, 0.1) is 23.6 Å². The zero-order chi connectivity index (χ0) is 39.3. The highest BCUT2D eigenvalue weighted by Gasteiger charge is 2.42. The van der Waals surface area contributed by atoms with Crippen LogP contribution in [0.15, 0.2) is 60.8 Å². The van der Waals surface area contributed by atoms with Gasteiger partial charge in [0, 0.05) is 75.6 Å². The third kappa shape index (κ3) is 6.88. The average Bonchev–Trinajstić information content (AvgIpc) is 3.52. The predicted molar refractivity (Wildman–Crippen MR) is 221 cm³/mol. The summed E-state index contributed by atoms with van der Waals surface area (Å²) in [7, 11) is 0. The van der Waals surface area contributed by atoms with Crippen LogP contribution in [0.3, 0.4) is 0 Å². The second kappa shape index (κ2) is 15.2. The maximum Gasteiger partial charge on any atom is 0.249 e. The van der Waals surface area contributed by atoms with Crippen LogP contribution in [0.5, 0.6) is 11.5 Å². The van der Waals surface area contributed by atoms with Gasteiger partial charge >= 0.3 is 0 Å². The number of piperidine rings is 1. The van der Waals surface area contributed by atoms with Gasteiger partial charge in [-0.2, -0.15) is 4.98 Å². The Morgan fingerprint density at radius 1 is 0.793 bits per heavy atom. The van der Waals surface area contributed by atoms with E-state index in [2.05, 4.69) is 64.3 Å². The van der Waals surface area contributed by atoms with E-state index in [1.165, 1.54) is 18.4 Å². The molecule has 6 aliphatic rings. The van der Waals surface area contributed by atoms with Crippen molar-refractivity contribution in [1.29, 1.82) is 0 Å². The number of nitrogen functional groups attached to an aromatic ring is 1. The monoisotopic (exact) mass is 785 g/mol. The number of aromatic hydroxyl groups is 1. The fourth-order valence-corrected chi connectivity index (χ4v) is 10.4. The molecule has 15 heteroatoms. The lowest BCUT2D eigenvalue weighted by Gasteiger charge is -2.43. The molecule has 58 heavy (non-hydrogen) atoms. The van der Waals surface area contributed by atoms with Crippen molar-refractivity contribution in [3.63, 3.8) is 0 Å². The number of benzene rings is 2. The standard InChI is InChI=1S/C43H51N11O4/c44-41-36(24-33(48-49-41)32-3-1-2-4-37(32)55)52-25-30-10-11-31(26-52)54(30)43-45-16-15-39(46-43)51-19-17-50(18-20-51)29-8-5-27(6-9-29)28-7-12-34-38(23-28)58-22-21-53(34)35-13-14-40(56)47-42(35)57/h1-4,7,12,15-16,23-24,27,29-31,35,55H,5-6,8-11,13-14,17-22,25-26H2,(H2,44,49)(H,47,56,57)/t27?,29?,30-,31+,35-/m1/s1. The van der Waals surface area contributed by atoms with Crippen LogP contribution in [0.2, 0.25) is 0 Å². The molecule has 2 bridgehead atoms. The number of nitrogens with zero attached hydrogens (tertiary/aromatic N) is 9. The van der Waals surface area contributed by atoms with Gasteiger partial charge in [0.1, 0.15) is 30.0 Å². The fraction of sp³-hybridized carbons (Fsp3) is 0.488. The van der Waals surface area contributed by atoms with Gasteiger partial charge in [-0.1, -0.05) is 18.2 Å². The average molecular weight is 786 g/mol. The van der Waals surface area contributed by atoms with Gasteiger partial charge in [0.2, 0.25) is 17.8 Å². The van der Waals surface area contributed by atoms with Crippen LogP contribution < -0.4 is 35.4 Å². The van der Waals surface area contributed by atoms with Crippen LogP contribution in [0.4, 0.5) is 29.0 Å². The third-order valence-corrected chi connectivity index (χ3v) is 13.5. The number of amides is 2. The molecule has 1 saturated carbocycles. The topological polar surface area (TPSA) is 169 Å². The number of carbonyl (C=O) groups excluding carboxylic acids is 2. The molecule has 2 aromatic heterocycles. The molecule has 0 radical (unpaired) electrons. The molecule has 3 atom stereocenters. The lowest BCUT2D eigenvalue weighted by molar-refractivity contribution is -0.134. The second-order valence-corrected chi connectivity index (χ2v) is 16.7. The lowest BCUT2D eigenvalue weighted by Crippen LogP contribution is -2.55. The van der Waals surface area contributed by atoms with Gasteiger partial charge in [-0.05, 0) is 92.8 Å². The highest BCUT2D eigenvalue weighted by Crippen LogP contribution is 2.42. The maximum absolute atomic E-state index is 12.6. The summed E-state index contributed by atoms with van der Waals surface area (Å²) in [4.78, 5) is 46.3. The summed E-state index contributed by atoms with van der Waals surface area (Å²) in [6.07, 6.45) is 9.59. The highest BCUT2D eigenvalue weighted by atomic mass is 16.5. The minimum Gasteiger partial charge on any atom is -0.507 e. The summed E-state index contributed by atoms with van der Waals surface area (Å²) in [6.45, 7) is 6.66. The van der Waals surface area contributed by atoms with Crippen molar-refractivity contribution in [2.45, 2.75) is 81.5 Å². The van der Waals surface area contributed by atoms with Crippen LogP contribution in [0.1, 0.15) is 62.8 Å². The van der Waals surface area contributed by atoms with Gasteiger partial charge in [0.15, 0.2) is 5.82 Å². The van der Waals surface area contributed by atoms with Crippen molar-refractivity contribution < 1.29 is 19.4 Å². The van der Waals surface area contributed by atoms with E-state index < -0.39 is 0 Å². The highest BCUT2D eigenvalue weighted by molar-refractivity contribution is 6.02. The number of phenolic OH excluding ortho intramolecular Hbond substituents is 1. The molecule has 4 N–H and O–H groups in total. The Hall–Kier alpha value is -5.70. The van der Waals surface area contributed by atoms with E-state index in [0.29, 0.717) is 55.0 Å².